The molecule has 0 radical (unpaired) electrons. The molecular weight excluding hydrogens is 240 g/mol. The maximum atomic E-state index is 11.3. The molecule has 0 aromatic rings. The lowest BCUT2D eigenvalue weighted by molar-refractivity contribution is -0.158. The monoisotopic (exact) mass is 260 g/mol. The second-order valence-electron chi connectivity index (χ2n) is 4.59. The minimum Gasteiger partial charge on any atom is -0.481 e. The first-order chi connectivity index (χ1) is 8.27. The number of aliphatic carboxylic acids is 3. The maximum absolute atomic E-state index is 11.3. The van der Waals surface area contributed by atoms with E-state index in [1.54, 1.807) is 13.8 Å². The highest BCUT2D eigenvalue weighted by Gasteiger charge is 2.41. The standard InChI is InChI=1S/C12H20O6/c1-3-8(5-9(13)14)6-12(4-2,11(17)18)7-10(15)16/h8H,3-7H2,1-2H3,(H,13,14)(H,15,16)(H,17,18). The first-order valence-electron chi connectivity index (χ1n) is 5.94. The van der Waals surface area contributed by atoms with Crippen LogP contribution in [0.15, 0.2) is 0 Å². The Bertz CT molecular complexity index is 325. The molecule has 3 N–H and O–H groups in total. The van der Waals surface area contributed by atoms with Crippen LogP contribution < -0.4 is 0 Å². The molecule has 0 saturated heterocycles. The minimum absolute atomic E-state index is 0.0773. The molecule has 0 saturated carbocycles. The molecule has 0 heterocycles. The molecule has 0 fully saturated rings. The summed E-state index contributed by atoms with van der Waals surface area (Å²) in [6, 6.07) is 0. The fourth-order valence-corrected chi connectivity index (χ4v) is 2.11. The lowest BCUT2D eigenvalue weighted by atomic mass is 9.73. The first kappa shape index (κ1) is 16.4. The molecule has 6 nitrogen and oxygen atoms in total. The number of carbonyl (C=O) groups is 3. The average molecular weight is 260 g/mol. The van der Waals surface area contributed by atoms with Crippen LogP contribution in [0.1, 0.15) is 46.0 Å². The van der Waals surface area contributed by atoms with E-state index in [-0.39, 0.29) is 25.2 Å². The van der Waals surface area contributed by atoms with Gasteiger partial charge in [0.1, 0.15) is 0 Å². The van der Waals surface area contributed by atoms with Crippen molar-refractivity contribution in [1.29, 1.82) is 0 Å². The van der Waals surface area contributed by atoms with E-state index in [0.717, 1.165) is 0 Å². The van der Waals surface area contributed by atoms with Gasteiger partial charge in [-0.2, -0.15) is 0 Å². The predicted octanol–water partition coefficient (Wildman–Crippen LogP) is 1.83. The number of hydrogen-bond donors (Lipinski definition) is 3. The van der Waals surface area contributed by atoms with Gasteiger partial charge in [-0.1, -0.05) is 20.3 Å². The van der Waals surface area contributed by atoms with Gasteiger partial charge in [-0.05, 0) is 18.8 Å². The second kappa shape index (κ2) is 6.98. The fourth-order valence-electron chi connectivity index (χ4n) is 2.11. The summed E-state index contributed by atoms with van der Waals surface area (Å²) in [6.07, 6.45) is 0.153. The molecule has 0 rings (SSSR count). The van der Waals surface area contributed by atoms with Crippen molar-refractivity contribution in [2.45, 2.75) is 46.0 Å². The number of rotatable bonds is 9. The predicted molar refractivity (Wildman–Crippen MR) is 63.3 cm³/mol. The van der Waals surface area contributed by atoms with Crippen molar-refractivity contribution in [3.05, 3.63) is 0 Å². The number of hydrogen-bond acceptors (Lipinski definition) is 3. The average Bonchev–Trinajstić information content (AvgIpc) is 2.25. The lowest BCUT2D eigenvalue weighted by Crippen LogP contribution is -2.35. The smallest absolute Gasteiger partial charge is 0.310 e. The summed E-state index contributed by atoms with van der Waals surface area (Å²) in [6.45, 7) is 3.39. The molecule has 104 valence electrons. The van der Waals surface area contributed by atoms with E-state index < -0.39 is 29.7 Å². The van der Waals surface area contributed by atoms with Crippen molar-refractivity contribution in [1.82, 2.24) is 0 Å². The van der Waals surface area contributed by atoms with Crippen LogP contribution in [0.5, 0.6) is 0 Å². The molecule has 0 aromatic carbocycles. The van der Waals surface area contributed by atoms with Crippen molar-refractivity contribution in [2.75, 3.05) is 0 Å². The Balaban J connectivity index is 5.01. The van der Waals surface area contributed by atoms with E-state index in [9.17, 15) is 19.5 Å². The molecule has 6 heteroatoms. The molecule has 2 unspecified atom stereocenters. The zero-order valence-electron chi connectivity index (χ0n) is 10.7. The third-order valence-corrected chi connectivity index (χ3v) is 3.34. The van der Waals surface area contributed by atoms with Crippen LogP contribution in [-0.2, 0) is 14.4 Å². The van der Waals surface area contributed by atoms with E-state index in [4.69, 9.17) is 10.2 Å². The van der Waals surface area contributed by atoms with Crippen LogP contribution in [0, 0.1) is 11.3 Å². The molecular formula is C12H20O6. The minimum atomic E-state index is -1.37. The van der Waals surface area contributed by atoms with Gasteiger partial charge in [0.15, 0.2) is 0 Å². The van der Waals surface area contributed by atoms with Crippen LogP contribution in [0.3, 0.4) is 0 Å². The summed E-state index contributed by atoms with van der Waals surface area (Å²) >= 11 is 0. The van der Waals surface area contributed by atoms with Crippen molar-refractivity contribution < 1.29 is 29.7 Å². The van der Waals surface area contributed by atoms with Crippen LogP contribution in [0.4, 0.5) is 0 Å². The highest BCUT2D eigenvalue weighted by molar-refractivity contribution is 5.81. The SMILES string of the molecule is CCC(CC(=O)O)CC(CC)(CC(=O)O)C(=O)O. The third-order valence-electron chi connectivity index (χ3n) is 3.34. The quantitative estimate of drug-likeness (QED) is 0.583. The van der Waals surface area contributed by atoms with E-state index in [2.05, 4.69) is 0 Å². The first-order valence-corrected chi connectivity index (χ1v) is 5.94. The molecule has 0 aliphatic carbocycles. The van der Waals surface area contributed by atoms with Crippen molar-refractivity contribution in [3.63, 3.8) is 0 Å². The zero-order valence-corrected chi connectivity index (χ0v) is 10.7. The molecule has 0 spiro atoms. The number of carboxylic acid groups (broad SMARTS) is 3. The van der Waals surface area contributed by atoms with E-state index in [0.29, 0.717) is 6.42 Å². The van der Waals surface area contributed by atoms with Gasteiger partial charge < -0.3 is 15.3 Å². The molecule has 0 bridgehead atoms. The highest BCUT2D eigenvalue weighted by atomic mass is 16.4. The maximum Gasteiger partial charge on any atom is 0.310 e. The Morgan fingerprint density at radius 3 is 1.89 bits per heavy atom. The Morgan fingerprint density at radius 2 is 1.61 bits per heavy atom. The van der Waals surface area contributed by atoms with Gasteiger partial charge in [0.25, 0.3) is 0 Å². The van der Waals surface area contributed by atoms with Gasteiger partial charge in [-0.3, -0.25) is 14.4 Å². The van der Waals surface area contributed by atoms with Gasteiger partial charge in [-0.25, -0.2) is 0 Å². The molecule has 0 aromatic heterocycles. The summed E-state index contributed by atoms with van der Waals surface area (Å²) in [5.74, 6) is -3.66. The summed E-state index contributed by atoms with van der Waals surface area (Å²) in [5, 5.41) is 26.8. The van der Waals surface area contributed by atoms with Gasteiger partial charge in [-0.15, -0.1) is 0 Å². The topological polar surface area (TPSA) is 112 Å². The van der Waals surface area contributed by atoms with Gasteiger partial charge in [0, 0.05) is 6.42 Å². The Hall–Kier alpha value is -1.59. The molecule has 0 aliphatic heterocycles. The molecule has 0 aliphatic rings. The normalized spacial score (nSPS) is 15.7. The Morgan fingerprint density at radius 1 is 1.06 bits per heavy atom. The summed E-state index contributed by atoms with van der Waals surface area (Å²) < 4.78 is 0. The van der Waals surface area contributed by atoms with Gasteiger partial charge >= 0.3 is 17.9 Å². The van der Waals surface area contributed by atoms with Gasteiger partial charge in [0.2, 0.25) is 0 Å². The Kier molecular flexibility index (Phi) is 6.36. The summed E-state index contributed by atoms with van der Waals surface area (Å²) in [4.78, 5) is 32.8. The highest BCUT2D eigenvalue weighted by Crippen LogP contribution is 2.36. The van der Waals surface area contributed by atoms with Crippen molar-refractivity contribution in [3.8, 4) is 0 Å². The lowest BCUT2D eigenvalue weighted by Gasteiger charge is -2.30. The summed E-state index contributed by atoms with van der Waals surface area (Å²) in [7, 11) is 0. The van der Waals surface area contributed by atoms with Crippen LogP contribution >= 0.6 is 0 Å². The molecule has 0 amide bonds. The van der Waals surface area contributed by atoms with E-state index >= 15 is 0 Å². The fraction of sp³-hybridized carbons (Fsp3) is 0.750. The zero-order chi connectivity index (χ0) is 14.3. The molecule has 2 atom stereocenters. The van der Waals surface area contributed by atoms with E-state index in [1.807, 2.05) is 0 Å². The summed E-state index contributed by atoms with van der Waals surface area (Å²) in [5.41, 5.74) is -1.37. The Labute approximate surface area is 106 Å². The molecule has 18 heavy (non-hydrogen) atoms. The third kappa shape index (κ3) is 4.73. The van der Waals surface area contributed by atoms with Crippen molar-refractivity contribution >= 4 is 17.9 Å². The largest absolute Gasteiger partial charge is 0.481 e. The van der Waals surface area contributed by atoms with Crippen LogP contribution in [0.2, 0.25) is 0 Å². The van der Waals surface area contributed by atoms with Crippen molar-refractivity contribution in [2.24, 2.45) is 11.3 Å². The van der Waals surface area contributed by atoms with Crippen LogP contribution in [0.25, 0.3) is 0 Å². The van der Waals surface area contributed by atoms with Gasteiger partial charge in [0.05, 0.1) is 11.8 Å². The number of carboxylic acids is 3. The second-order valence-corrected chi connectivity index (χ2v) is 4.59. The van der Waals surface area contributed by atoms with E-state index in [1.165, 1.54) is 0 Å². The van der Waals surface area contributed by atoms with Crippen LogP contribution in [-0.4, -0.2) is 33.2 Å².